The fourth-order valence-corrected chi connectivity index (χ4v) is 1.61. The molecular formula is C13H15N3O3. The van der Waals surface area contributed by atoms with E-state index in [0.717, 1.165) is 12.0 Å². The van der Waals surface area contributed by atoms with E-state index < -0.39 is 6.09 Å². The molecule has 0 atom stereocenters. The molecule has 100 valence electrons. The normalized spacial score (nSPS) is 10.2. The van der Waals surface area contributed by atoms with Crippen LogP contribution in [0.1, 0.15) is 13.3 Å². The molecule has 0 bridgehead atoms. The Morgan fingerprint density at radius 3 is 2.74 bits per heavy atom. The van der Waals surface area contributed by atoms with Crippen LogP contribution in [0.25, 0.3) is 11.3 Å². The minimum absolute atomic E-state index is 0.0825. The number of hydrogen-bond donors (Lipinski definition) is 0. The third-order valence-electron chi connectivity index (χ3n) is 2.56. The molecule has 2 rings (SSSR count). The minimum Gasteiger partial charge on any atom is -0.385 e. The topological polar surface area (TPSA) is 68.5 Å². The molecule has 0 saturated carbocycles. The maximum absolute atomic E-state index is 11.8. The lowest BCUT2D eigenvalue weighted by molar-refractivity contribution is 0.158. The molecule has 19 heavy (non-hydrogen) atoms. The summed E-state index contributed by atoms with van der Waals surface area (Å²) in [7, 11) is 1.67. The second kappa shape index (κ2) is 5.99. The first kappa shape index (κ1) is 13.1. The molecule has 0 unspecified atom stereocenters. The van der Waals surface area contributed by atoms with Gasteiger partial charge in [-0.3, -0.25) is 0 Å². The molecule has 1 aromatic heterocycles. The van der Waals surface area contributed by atoms with Gasteiger partial charge in [0, 0.05) is 19.2 Å². The largest absolute Gasteiger partial charge is 0.416 e. The fourth-order valence-electron chi connectivity index (χ4n) is 1.61. The van der Waals surface area contributed by atoms with E-state index in [9.17, 15) is 4.79 Å². The van der Waals surface area contributed by atoms with Gasteiger partial charge in [-0.05, 0) is 16.7 Å². The summed E-state index contributed by atoms with van der Waals surface area (Å²) in [5.41, 5.74) is 1.20. The van der Waals surface area contributed by atoms with Gasteiger partial charge in [0.15, 0.2) is 5.69 Å². The van der Waals surface area contributed by atoms with Gasteiger partial charge in [-0.25, -0.2) is 9.42 Å². The maximum Gasteiger partial charge on any atom is 0.416 e. The second-order valence-electron chi connectivity index (χ2n) is 4.07. The molecule has 0 aliphatic rings. The first-order valence-corrected chi connectivity index (χ1v) is 6.03. The van der Waals surface area contributed by atoms with Crippen LogP contribution in [-0.4, -0.2) is 34.9 Å². The number of ether oxygens (including phenoxy) is 1. The van der Waals surface area contributed by atoms with E-state index in [1.54, 1.807) is 7.05 Å². The van der Waals surface area contributed by atoms with E-state index in [1.165, 1.54) is 4.90 Å². The summed E-state index contributed by atoms with van der Waals surface area (Å²) in [5, 5.41) is 7.38. The van der Waals surface area contributed by atoms with E-state index in [-0.39, 0.29) is 5.88 Å². The quantitative estimate of drug-likeness (QED) is 0.846. The van der Waals surface area contributed by atoms with Crippen molar-refractivity contribution in [3.63, 3.8) is 0 Å². The summed E-state index contributed by atoms with van der Waals surface area (Å²) >= 11 is 0. The molecule has 2 aromatic rings. The van der Waals surface area contributed by atoms with Gasteiger partial charge in [0.25, 0.3) is 5.88 Å². The van der Waals surface area contributed by atoms with Crippen molar-refractivity contribution in [3.8, 4) is 17.1 Å². The molecule has 0 radical (unpaired) electrons. The monoisotopic (exact) mass is 261 g/mol. The third-order valence-corrected chi connectivity index (χ3v) is 2.56. The first-order valence-electron chi connectivity index (χ1n) is 6.03. The Bertz CT molecular complexity index is 539. The lowest BCUT2D eigenvalue weighted by atomic mass is 10.2. The standard InChI is InChI=1S/C13H15N3O3/c1-3-9-16(2)13(17)18-12-11(14-19-15-12)10-7-5-4-6-8-10/h4-8H,3,9H2,1-2H3. The summed E-state index contributed by atoms with van der Waals surface area (Å²) in [6.07, 6.45) is 0.378. The molecule has 0 aliphatic carbocycles. The lowest BCUT2D eigenvalue weighted by Gasteiger charge is -2.14. The molecule has 0 aliphatic heterocycles. The molecule has 1 heterocycles. The van der Waals surface area contributed by atoms with Crippen LogP contribution in [0.15, 0.2) is 35.0 Å². The van der Waals surface area contributed by atoms with Gasteiger partial charge in [-0.15, -0.1) is 0 Å². The predicted molar refractivity (Wildman–Crippen MR) is 68.7 cm³/mol. The van der Waals surface area contributed by atoms with Gasteiger partial charge in [0.05, 0.1) is 0 Å². The van der Waals surface area contributed by atoms with Crippen molar-refractivity contribution in [1.29, 1.82) is 0 Å². The highest BCUT2D eigenvalue weighted by Crippen LogP contribution is 2.26. The van der Waals surface area contributed by atoms with Crippen LogP contribution >= 0.6 is 0 Å². The van der Waals surface area contributed by atoms with Crippen molar-refractivity contribution >= 4 is 6.09 Å². The molecule has 0 fully saturated rings. The van der Waals surface area contributed by atoms with E-state index in [2.05, 4.69) is 14.9 Å². The second-order valence-corrected chi connectivity index (χ2v) is 4.07. The Kier molecular flexibility index (Phi) is 4.12. The summed E-state index contributed by atoms with van der Waals surface area (Å²) in [4.78, 5) is 13.3. The van der Waals surface area contributed by atoms with E-state index in [4.69, 9.17) is 4.74 Å². The molecule has 0 spiro atoms. The Labute approximate surface area is 110 Å². The third kappa shape index (κ3) is 3.09. The van der Waals surface area contributed by atoms with Crippen molar-refractivity contribution in [2.75, 3.05) is 13.6 Å². The Morgan fingerprint density at radius 2 is 2.05 bits per heavy atom. The Balaban J connectivity index is 2.15. The Hall–Kier alpha value is -2.37. The molecule has 6 nitrogen and oxygen atoms in total. The van der Waals surface area contributed by atoms with Crippen molar-refractivity contribution in [1.82, 2.24) is 15.2 Å². The van der Waals surface area contributed by atoms with Crippen LogP contribution < -0.4 is 4.74 Å². The molecule has 0 saturated heterocycles. The van der Waals surface area contributed by atoms with Crippen molar-refractivity contribution in [2.24, 2.45) is 0 Å². The summed E-state index contributed by atoms with van der Waals surface area (Å²) in [6, 6.07) is 9.29. The van der Waals surface area contributed by atoms with Gasteiger partial charge in [0.2, 0.25) is 0 Å². The molecule has 6 heteroatoms. The first-order chi connectivity index (χ1) is 9.22. The number of amides is 1. The van der Waals surface area contributed by atoms with Crippen LogP contribution in [0.3, 0.4) is 0 Å². The Morgan fingerprint density at radius 1 is 1.32 bits per heavy atom. The summed E-state index contributed by atoms with van der Waals surface area (Å²) in [6.45, 7) is 2.60. The number of rotatable bonds is 4. The zero-order valence-electron chi connectivity index (χ0n) is 10.9. The summed E-state index contributed by atoms with van der Waals surface area (Å²) < 4.78 is 9.82. The minimum atomic E-state index is -0.477. The molecule has 1 amide bonds. The highest BCUT2D eigenvalue weighted by molar-refractivity contribution is 5.73. The average molecular weight is 261 g/mol. The SMILES string of the molecule is CCCN(C)C(=O)Oc1nonc1-c1ccccc1. The van der Waals surface area contributed by atoms with Crippen LogP contribution in [0.5, 0.6) is 5.88 Å². The average Bonchev–Trinajstić information content (AvgIpc) is 2.88. The number of aromatic nitrogens is 2. The number of hydrogen-bond acceptors (Lipinski definition) is 5. The van der Waals surface area contributed by atoms with Crippen LogP contribution in [0, 0.1) is 0 Å². The van der Waals surface area contributed by atoms with Gasteiger partial charge >= 0.3 is 6.09 Å². The lowest BCUT2D eigenvalue weighted by Crippen LogP contribution is -2.30. The number of nitrogens with zero attached hydrogens (tertiary/aromatic N) is 3. The van der Waals surface area contributed by atoms with Gasteiger partial charge < -0.3 is 9.64 Å². The van der Waals surface area contributed by atoms with E-state index >= 15 is 0 Å². The molecule has 0 N–H and O–H groups in total. The van der Waals surface area contributed by atoms with E-state index in [1.807, 2.05) is 37.3 Å². The van der Waals surface area contributed by atoms with E-state index in [0.29, 0.717) is 12.2 Å². The highest BCUT2D eigenvalue weighted by atomic mass is 16.6. The number of carbonyl (C=O) groups excluding carboxylic acids is 1. The van der Waals surface area contributed by atoms with Gasteiger partial charge in [-0.1, -0.05) is 37.3 Å². The van der Waals surface area contributed by atoms with Crippen LogP contribution in [0.4, 0.5) is 4.79 Å². The zero-order chi connectivity index (χ0) is 13.7. The van der Waals surface area contributed by atoms with Crippen molar-refractivity contribution in [2.45, 2.75) is 13.3 Å². The number of benzene rings is 1. The highest BCUT2D eigenvalue weighted by Gasteiger charge is 2.19. The zero-order valence-corrected chi connectivity index (χ0v) is 10.9. The fraction of sp³-hybridized carbons (Fsp3) is 0.308. The van der Waals surface area contributed by atoms with Gasteiger partial charge in [0.1, 0.15) is 0 Å². The van der Waals surface area contributed by atoms with Crippen LogP contribution in [-0.2, 0) is 0 Å². The van der Waals surface area contributed by atoms with Gasteiger partial charge in [-0.2, -0.15) is 0 Å². The smallest absolute Gasteiger partial charge is 0.385 e. The molecular weight excluding hydrogens is 246 g/mol. The summed E-state index contributed by atoms with van der Waals surface area (Å²) in [5.74, 6) is 0.0825. The van der Waals surface area contributed by atoms with Crippen molar-refractivity contribution in [3.05, 3.63) is 30.3 Å². The van der Waals surface area contributed by atoms with Crippen molar-refractivity contribution < 1.29 is 14.2 Å². The number of carbonyl (C=O) groups is 1. The predicted octanol–water partition coefficient (Wildman–Crippen LogP) is 2.58. The molecule has 1 aromatic carbocycles. The maximum atomic E-state index is 11.8. The van der Waals surface area contributed by atoms with Crippen LogP contribution in [0.2, 0.25) is 0 Å².